The Bertz CT molecular complexity index is 5660. The molecule has 0 spiro atoms. The lowest BCUT2D eigenvalue weighted by Crippen LogP contribution is -2.29. The maximum Gasteiger partial charge on any atom is 0.307 e. The minimum absolute atomic E-state index is 0.0585. The van der Waals surface area contributed by atoms with Crippen LogP contribution in [-0.4, -0.2) is 213 Å². The highest BCUT2D eigenvalue weighted by Gasteiger charge is 2.25. The van der Waals surface area contributed by atoms with E-state index in [1.807, 2.05) is 138 Å². The summed E-state index contributed by atoms with van der Waals surface area (Å²) in [5.41, 5.74) is 13.2. The number of likely N-dealkylation sites (N-methyl/N-ethyl adjacent to an activating group) is 6. The zero-order valence-corrected chi connectivity index (χ0v) is 74.7. The van der Waals surface area contributed by atoms with Crippen molar-refractivity contribution in [3.63, 3.8) is 0 Å². The highest BCUT2D eigenvalue weighted by atomic mass is 35.5. The molecule has 12 rings (SSSR count). The number of hydrogen-bond acceptors (Lipinski definition) is 33. The van der Waals surface area contributed by atoms with Crippen LogP contribution in [0.25, 0.3) is 0 Å². The minimum Gasteiger partial charge on any atom is -0.494 e. The number of ether oxygens (including phenoxy) is 6. The summed E-state index contributed by atoms with van der Waals surface area (Å²) in [7, 11) is 18.6. The van der Waals surface area contributed by atoms with Crippen molar-refractivity contribution in [3.05, 3.63) is 259 Å². The van der Waals surface area contributed by atoms with Crippen LogP contribution in [0.3, 0.4) is 0 Å². The molecule has 6 aromatic carbocycles. The fraction of sp³-hybridized carbons (Fsp3) is 0.247. The molecule has 0 radical (unpaired) electrons. The highest BCUT2D eigenvalue weighted by Crippen LogP contribution is 2.41. The number of methoxy groups -OCH3 is 3. The van der Waals surface area contributed by atoms with Crippen molar-refractivity contribution in [2.45, 2.75) is 19.8 Å². The number of nitro groups is 2. The Balaban J connectivity index is 0.000000221. The molecule has 0 saturated heterocycles. The molecule has 0 amide bonds. The van der Waals surface area contributed by atoms with Crippen LogP contribution in [-0.2, 0) is 29.9 Å². The normalized spacial score (nSPS) is 10.7. The predicted molar refractivity (Wildman–Crippen MR) is 499 cm³/mol. The summed E-state index contributed by atoms with van der Waals surface area (Å²) in [6, 6.07) is 46.5. The Morgan fingerprint density at radius 3 is 1.09 bits per heavy atom. The molecule has 6 aromatic heterocycles. The van der Waals surface area contributed by atoms with Crippen molar-refractivity contribution in [2.24, 2.45) is 0 Å². The molecule has 0 bridgehead atoms. The summed E-state index contributed by atoms with van der Waals surface area (Å²) >= 11 is 19.3. The summed E-state index contributed by atoms with van der Waals surface area (Å²) in [6.45, 7) is 6.16. The number of nitrogens with one attached hydrogen (secondary N) is 7. The van der Waals surface area contributed by atoms with Crippen LogP contribution in [0.2, 0.25) is 15.1 Å². The van der Waals surface area contributed by atoms with Crippen molar-refractivity contribution in [1.29, 1.82) is 0 Å². The van der Waals surface area contributed by atoms with Crippen LogP contribution in [0.4, 0.5) is 102 Å². The van der Waals surface area contributed by atoms with Crippen LogP contribution in [0.15, 0.2) is 201 Å². The smallest absolute Gasteiger partial charge is 0.307 e. The second kappa shape index (κ2) is 49.8. The maximum atomic E-state index is 13.9. The van der Waals surface area contributed by atoms with Crippen molar-refractivity contribution in [2.75, 3.05) is 171 Å². The third-order valence-corrected chi connectivity index (χ3v) is 18.2. The molecule has 11 N–H and O–H groups in total. The van der Waals surface area contributed by atoms with Gasteiger partial charge in [-0.05, 0) is 165 Å². The van der Waals surface area contributed by atoms with E-state index in [4.69, 9.17) is 78.1 Å². The zero-order chi connectivity index (χ0) is 92.1. The van der Waals surface area contributed by atoms with E-state index in [9.17, 15) is 28.8 Å². The van der Waals surface area contributed by atoms with Gasteiger partial charge in [-0.3, -0.25) is 44.3 Å². The van der Waals surface area contributed by atoms with Crippen LogP contribution in [0.5, 0.6) is 34.5 Å². The Morgan fingerprint density at radius 1 is 0.441 bits per heavy atom. The van der Waals surface area contributed by atoms with Gasteiger partial charge in [0.25, 0.3) is 5.69 Å². The van der Waals surface area contributed by atoms with Crippen LogP contribution in [0.1, 0.15) is 17.1 Å². The first-order valence-electron chi connectivity index (χ1n) is 38.5. The van der Waals surface area contributed by atoms with E-state index in [0.29, 0.717) is 121 Å². The average molecular weight is 1820 g/mol. The number of nitro benzene ring substituents is 2. The van der Waals surface area contributed by atoms with Crippen molar-refractivity contribution in [1.82, 2.24) is 64.9 Å². The molecule has 127 heavy (non-hydrogen) atoms. The predicted octanol–water partition coefficient (Wildman–Crippen LogP) is 15.7. The van der Waals surface area contributed by atoms with E-state index in [1.54, 1.807) is 105 Å². The fourth-order valence-corrected chi connectivity index (χ4v) is 11.7. The molecule has 0 atom stereocenters. The number of nitrogens with zero attached hydrogens (tertiary/aromatic N) is 16. The molecule has 12 aromatic rings. The van der Waals surface area contributed by atoms with Crippen molar-refractivity contribution < 1.29 is 56.0 Å². The largest absolute Gasteiger partial charge is 0.494 e. The molecule has 0 unspecified atom stereocenters. The van der Waals surface area contributed by atoms with Crippen LogP contribution < -0.4 is 81.2 Å². The second-order valence-electron chi connectivity index (χ2n) is 27.9. The Labute approximate surface area is 750 Å². The third-order valence-electron chi connectivity index (χ3n) is 17.3. The van der Waals surface area contributed by atoms with Gasteiger partial charge < -0.3 is 95.9 Å². The molecule has 0 fully saturated rings. The van der Waals surface area contributed by atoms with Crippen LogP contribution in [0, 0.1) is 26.0 Å². The second-order valence-corrected chi connectivity index (χ2v) is 30.4. The molecule has 37 nitrogen and oxygen atoms in total. The average Bonchev–Trinajstić information content (AvgIpc) is 0.810. The Morgan fingerprint density at radius 2 is 0.780 bits per heavy atom. The molecule has 0 saturated carbocycles. The lowest BCUT2D eigenvalue weighted by molar-refractivity contribution is -0.387. The number of halogens is 4. The van der Waals surface area contributed by atoms with Gasteiger partial charge >= 0.3 is 5.69 Å². The third kappa shape index (κ3) is 33.4. The molecular weight excluding hydrogens is 1720 g/mol. The number of pyridine rings is 3. The molecular formula is C85H100Cl3FN24O13S. The van der Waals surface area contributed by atoms with Gasteiger partial charge in [-0.25, -0.2) is 19.2 Å². The first-order valence-corrected chi connectivity index (χ1v) is 41.3. The van der Waals surface area contributed by atoms with E-state index in [0.717, 1.165) is 73.3 Å². The maximum absolute atomic E-state index is 13.9. The Hall–Kier alpha value is -13.6. The van der Waals surface area contributed by atoms with Gasteiger partial charge in [-0.1, -0.05) is 53.0 Å². The summed E-state index contributed by atoms with van der Waals surface area (Å²) in [5.74, 6) is 6.27. The van der Waals surface area contributed by atoms with E-state index in [-0.39, 0.29) is 35.6 Å². The number of aromatic nitrogens is 9. The van der Waals surface area contributed by atoms with Crippen LogP contribution >= 0.6 is 34.8 Å². The van der Waals surface area contributed by atoms with E-state index in [2.05, 4.69) is 117 Å². The van der Waals surface area contributed by atoms with Gasteiger partial charge in [0, 0.05) is 144 Å². The summed E-state index contributed by atoms with van der Waals surface area (Å²) in [6.07, 6.45) is 9.82. The number of anilines is 15. The van der Waals surface area contributed by atoms with Crippen molar-refractivity contribution >= 4 is 149 Å². The van der Waals surface area contributed by atoms with Gasteiger partial charge in [0.1, 0.15) is 77.5 Å². The monoisotopic (exact) mass is 1820 g/mol. The molecule has 6 heterocycles. The standard InChI is InChI=1S/C28H31ClN8O4.C28H33ClN8O2.C23H18ClFN6O4.C5H14N2.CH4O3S/c1-35(2)13-14-36(3)23-17-26(40-4)22(16-24(23)37(38)39)33-28-31-12-10-27(34-28)32-19-8-9-25(21(29)15-19)41-18-20-7-5-6-11-30-20;1-36(2)13-14-37(3)24-17-26(38-4)23(16-22(24)30)34-28-32-12-10-27(35-28)33-19-8-9-25(21(29)15-19)39-18-20-7-5-6-11-31-20;1-34-21-11-17(25)19(31(32)33)12-18(21)29-23-27-9-7-22(30-23)28-14-5-6-20(16(24)10-14)35-13-15-4-2-3-8-26-15;1-6-4-5-7(2)3;1-5(2,3)4/h5-12,15-17H,13-14,18H2,1-4H3,(H2,31,32,33,34);5-12,15-17H,13-14,18,30H2,1-4H3,(H2,32,33,34,35);2-12H,13H2,1H3,(H2,27,28,29,30);6H,4-5H2,1-3H3;1H2,(H2,2,3,4). The first-order chi connectivity index (χ1) is 60.7. The first kappa shape index (κ1) is 98.8. The molecule has 0 aliphatic carbocycles. The lowest BCUT2D eigenvalue weighted by atomic mass is 10.2. The fourth-order valence-electron chi connectivity index (χ4n) is 10.9. The SMILES string of the molecule is C=S(=O)(O)O.CNCCN(C)C.COc1cc(F)c([N+](=O)[O-])cc1Nc1nccc(Nc2ccc(OCc3ccccn3)c(Cl)c2)n1.COc1cc(N(C)CCN(C)C)c(N)cc1Nc1nccc(Nc2ccc(OCc3ccccn3)c(Cl)c2)n1.COc1cc(N(C)CCN(C)C)c([N+](=O)[O-])cc1Nc1nccc(Nc2ccc(OCc3ccccn3)c(Cl)c2)n1. The topological polar surface area (TPSA) is 442 Å². The number of rotatable bonds is 37. The van der Waals surface area contributed by atoms with Gasteiger partial charge in [-0.2, -0.15) is 19.3 Å². The van der Waals surface area contributed by atoms with E-state index >= 15 is 0 Å². The quantitative estimate of drug-likeness (QED) is 0.00748. The number of nitrogen functional groups attached to an aromatic ring is 1. The summed E-state index contributed by atoms with van der Waals surface area (Å²) < 4.78 is 71.7. The number of benzene rings is 6. The van der Waals surface area contributed by atoms with Gasteiger partial charge in [0.05, 0.1) is 91.8 Å². The molecule has 672 valence electrons. The van der Waals surface area contributed by atoms with Gasteiger partial charge in [0.15, 0.2) is 10.1 Å². The minimum atomic E-state index is -3.67. The van der Waals surface area contributed by atoms with Gasteiger partial charge in [0.2, 0.25) is 23.7 Å². The summed E-state index contributed by atoms with van der Waals surface area (Å²) in [4.78, 5) is 70.8. The summed E-state index contributed by atoms with van der Waals surface area (Å²) in [5, 5.41) is 45.9. The van der Waals surface area contributed by atoms with E-state index < -0.39 is 31.4 Å². The van der Waals surface area contributed by atoms with E-state index in [1.165, 1.54) is 26.5 Å². The number of nitrogens with two attached hydrogens (primary N) is 1. The lowest BCUT2D eigenvalue weighted by Gasteiger charge is -2.24. The number of hydrogen-bond donors (Lipinski definition) is 10. The van der Waals surface area contributed by atoms with Crippen molar-refractivity contribution in [3.8, 4) is 34.5 Å². The van der Waals surface area contributed by atoms with Gasteiger partial charge in [-0.15, -0.1) is 0 Å². The Kier molecular flexibility index (Phi) is 38.7. The molecule has 42 heteroatoms. The highest BCUT2D eigenvalue weighted by molar-refractivity contribution is 7.89. The molecule has 0 aliphatic rings. The zero-order valence-electron chi connectivity index (χ0n) is 71.7. The molecule has 0 aliphatic heterocycles.